The fourth-order valence-corrected chi connectivity index (χ4v) is 9.49. The molecule has 0 amide bonds. The Morgan fingerprint density at radius 2 is 0.600 bits per heavy atom. The molecule has 4 unspecified atom stereocenters. The summed E-state index contributed by atoms with van der Waals surface area (Å²) in [5.74, 6) is 2.34. The Morgan fingerprint density at radius 1 is 0.457 bits per heavy atom. The molecular weight excluding hydrogens is 750 g/mol. The van der Waals surface area contributed by atoms with Crippen LogP contribution in [-0.4, -0.2) is 51.7 Å². The van der Waals surface area contributed by atoms with Gasteiger partial charge in [0, 0.05) is 0 Å². The van der Waals surface area contributed by atoms with Crippen molar-refractivity contribution in [1.29, 1.82) is 0 Å². The van der Waals surface area contributed by atoms with Crippen molar-refractivity contribution < 1.29 is 18.1 Å². The van der Waals surface area contributed by atoms with Crippen LogP contribution in [0.4, 0.5) is 0 Å². The van der Waals surface area contributed by atoms with Crippen LogP contribution in [-0.2, 0) is 66.2 Å². The molecule has 11 heteroatoms. The summed E-state index contributed by atoms with van der Waals surface area (Å²) in [4.78, 5) is 0. The van der Waals surface area contributed by atoms with Crippen LogP contribution in [0.15, 0.2) is 0 Å². The van der Waals surface area contributed by atoms with E-state index >= 15 is 0 Å². The van der Waals surface area contributed by atoms with E-state index in [0.29, 0.717) is 23.7 Å². The monoisotopic (exact) mass is 802 g/mol. The van der Waals surface area contributed by atoms with Gasteiger partial charge >= 0.3 is 27.3 Å². The Labute approximate surface area is 259 Å². The molecule has 0 rings (SSSR count). The van der Waals surface area contributed by atoms with Crippen LogP contribution < -0.4 is 0 Å². The first-order valence-electron chi connectivity index (χ1n) is 12.6. The third-order valence-electron chi connectivity index (χ3n) is 4.45. The Morgan fingerprint density at radius 3 is 0.714 bits per heavy atom. The van der Waals surface area contributed by atoms with E-state index < -0.39 is 11.4 Å². The minimum atomic E-state index is -2.50. The molecule has 2 radical (unpaired) electrons. The molecule has 0 heterocycles. The molecule has 0 spiro atoms. The molecule has 0 N–H and O–H groups in total. The van der Waals surface area contributed by atoms with Crippen molar-refractivity contribution in [3.8, 4) is 0 Å². The fraction of sp³-hybridized carbons (Fsp3) is 1.00. The minimum absolute atomic E-state index is 0. The molecule has 0 fully saturated rings. The first kappa shape index (κ1) is 42.2. The average molecular weight is 802 g/mol. The van der Waals surface area contributed by atoms with Crippen LogP contribution in [0.25, 0.3) is 0 Å². The van der Waals surface area contributed by atoms with Crippen LogP contribution in [0, 0.1) is 23.7 Å². The van der Waals surface area contributed by atoms with Crippen molar-refractivity contribution in [2.75, 3.05) is 0 Å². The van der Waals surface area contributed by atoms with E-state index in [-0.39, 0.29) is 51.7 Å². The van der Waals surface area contributed by atoms with Crippen molar-refractivity contribution in [2.24, 2.45) is 23.7 Å². The number of hydrogen-bond donors (Lipinski definition) is 0. The van der Waals surface area contributed by atoms with E-state index in [2.05, 4.69) is 55.4 Å². The van der Waals surface area contributed by atoms with Gasteiger partial charge in [-0.05, 0) is 77.0 Å². The summed E-state index contributed by atoms with van der Waals surface area (Å²) in [6, 6.07) is 0. The molecule has 0 saturated heterocycles. The zero-order valence-corrected chi connectivity index (χ0v) is 33.0. The second kappa shape index (κ2) is 21.5. The van der Waals surface area contributed by atoms with E-state index in [0.717, 1.165) is 25.7 Å². The average Bonchev–Trinajstić information content (AvgIpc) is 2.48. The largest absolute Gasteiger partial charge is 2.00 e. The topological polar surface area (TPSA) is 36.9 Å². The fourth-order valence-electron chi connectivity index (χ4n) is 3.76. The second-order valence-electron chi connectivity index (χ2n) is 11.1. The molecule has 0 aliphatic carbocycles. The molecule has 210 valence electrons. The first-order valence-corrected chi connectivity index (χ1v) is 19.9. The van der Waals surface area contributed by atoms with Crippen molar-refractivity contribution >= 4 is 86.8 Å². The van der Waals surface area contributed by atoms with Crippen LogP contribution in [0.1, 0.15) is 109 Å². The number of hydrogen-bond acceptors (Lipinski definition) is 8. The Kier molecular flexibility index (Phi) is 25.9. The van der Waals surface area contributed by atoms with Crippen molar-refractivity contribution in [3.63, 3.8) is 0 Å². The van der Waals surface area contributed by atoms with Crippen LogP contribution in [0.5, 0.6) is 0 Å². The van der Waals surface area contributed by atoms with Gasteiger partial charge in [-0.2, -0.15) is 0 Å². The molecule has 0 aliphatic heterocycles. The van der Waals surface area contributed by atoms with E-state index in [1.54, 1.807) is 0 Å². The molecule has 0 aromatic rings. The quantitative estimate of drug-likeness (QED) is 0.0871. The summed E-state index contributed by atoms with van der Waals surface area (Å²) in [6.07, 6.45) is 4.23. The van der Waals surface area contributed by atoms with E-state index in [1.807, 2.05) is 27.7 Å². The predicted molar refractivity (Wildman–Crippen MR) is 169 cm³/mol. The standard InChI is InChI=1S/2C12H27O2PS2.Pb/c2*1-9(2)7-11(5)13-15(16,17)14-12(6)8-10(3)4;/h2*9-12H,7-8H2,1-6H3,(H,16,17);/q;;+2/p-2. The van der Waals surface area contributed by atoms with Gasteiger partial charge in [-0.3, -0.25) is 0 Å². The van der Waals surface area contributed by atoms with Crippen molar-refractivity contribution in [3.05, 3.63) is 0 Å². The number of rotatable bonds is 16. The summed E-state index contributed by atoms with van der Waals surface area (Å²) < 4.78 is 22.9. The van der Waals surface area contributed by atoms with Crippen LogP contribution in [0.2, 0.25) is 0 Å². The van der Waals surface area contributed by atoms with Gasteiger partial charge in [-0.15, -0.1) is 0 Å². The Balaban J connectivity index is -0.000000569. The van der Waals surface area contributed by atoms with Gasteiger partial charge in [0.2, 0.25) is 0 Å². The van der Waals surface area contributed by atoms with Gasteiger partial charge in [-0.1, -0.05) is 79.0 Å². The SMILES string of the molecule is CC(C)CC(C)OP(=S)([S-])OC(C)CC(C)C.CC(C)CC(C)OP(=S)([S-])OC(C)CC(C)C.[Pb+2]. The van der Waals surface area contributed by atoms with Gasteiger partial charge in [0.05, 0.1) is 35.8 Å². The molecule has 4 atom stereocenters. The molecule has 0 aromatic carbocycles. The van der Waals surface area contributed by atoms with Gasteiger partial charge in [0.1, 0.15) is 0 Å². The van der Waals surface area contributed by atoms with E-state index in [4.69, 9.17) is 66.2 Å². The molecule has 4 nitrogen and oxygen atoms in total. The van der Waals surface area contributed by atoms with Crippen molar-refractivity contribution in [1.82, 2.24) is 0 Å². The predicted octanol–water partition coefficient (Wildman–Crippen LogP) is 8.94. The summed E-state index contributed by atoms with van der Waals surface area (Å²) in [5.41, 5.74) is -5.00. The maximum Gasteiger partial charge on any atom is 2.00 e. The normalized spacial score (nSPS) is 18.8. The van der Waals surface area contributed by atoms with Gasteiger partial charge in [-0.25, -0.2) is 0 Å². The van der Waals surface area contributed by atoms with Crippen molar-refractivity contribution in [2.45, 2.75) is 133 Å². The summed E-state index contributed by atoms with van der Waals surface area (Å²) in [5, 5.41) is 0. The second-order valence-corrected chi connectivity index (χ2v) is 20.9. The molecule has 35 heavy (non-hydrogen) atoms. The molecule has 0 aromatic heterocycles. The van der Waals surface area contributed by atoms with Crippen LogP contribution in [0.3, 0.4) is 0 Å². The molecule has 0 saturated carbocycles. The first-order chi connectivity index (χ1) is 15.2. The van der Waals surface area contributed by atoms with Crippen LogP contribution >= 0.6 is 11.4 Å². The molecule has 0 aliphatic rings. The Bertz CT molecular complexity index is 528. The summed E-state index contributed by atoms with van der Waals surface area (Å²) in [7, 11) is 0. The minimum Gasteiger partial charge on any atom is -0.691 e. The zero-order chi connectivity index (χ0) is 27.3. The van der Waals surface area contributed by atoms with E-state index in [1.165, 1.54) is 0 Å². The molecular formula is C24H52O4P2PbS4. The third kappa shape index (κ3) is 29.6. The maximum atomic E-state index is 5.72. The Hall–Kier alpha value is 2.76. The zero-order valence-electron chi connectivity index (χ0n) is 24.1. The van der Waals surface area contributed by atoms with Gasteiger partial charge < -0.3 is 42.6 Å². The van der Waals surface area contributed by atoms with E-state index in [9.17, 15) is 0 Å². The third-order valence-corrected chi connectivity index (χ3v) is 8.99. The smallest absolute Gasteiger partial charge is 0.691 e. The summed E-state index contributed by atoms with van der Waals surface area (Å²) in [6.45, 7) is 25.4. The van der Waals surface area contributed by atoms with Gasteiger partial charge in [0.25, 0.3) is 0 Å². The van der Waals surface area contributed by atoms with Gasteiger partial charge in [0.15, 0.2) is 0 Å². The summed E-state index contributed by atoms with van der Waals surface area (Å²) >= 11 is 21.1. The maximum absolute atomic E-state index is 5.72. The molecule has 0 bridgehead atoms.